The van der Waals surface area contributed by atoms with E-state index in [4.69, 9.17) is 16.1 Å². The van der Waals surface area contributed by atoms with Crippen LogP contribution in [-0.2, 0) is 6.54 Å². The molecule has 0 unspecified atom stereocenters. The quantitative estimate of drug-likeness (QED) is 0.794. The molecule has 1 aromatic carbocycles. The van der Waals surface area contributed by atoms with Crippen molar-refractivity contribution >= 4 is 17.5 Å². The lowest BCUT2D eigenvalue weighted by Crippen LogP contribution is -2.23. The molecule has 0 saturated carbocycles. The molecule has 0 radical (unpaired) electrons. The lowest BCUT2D eigenvalue weighted by Gasteiger charge is -2.07. The number of hydrogen-bond acceptors (Lipinski definition) is 4. The zero-order valence-corrected chi connectivity index (χ0v) is 13.2. The molecule has 0 atom stereocenters. The van der Waals surface area contributed by atoms with Crippen molar-refractivity contribution < 1.29 is 9.32 Å². The predicted molar refractivity (Wildman–Crippen MR) is 87.1 cm³/mol. The number of hydrogen-bond donors (Lipinski definition) is 1. The van der Waals surface area contributed by atoms with Crippen molar-refractivity contribution in [1.29, 1.82) is 0 Å². The zero-order valence-electron chi connectivity index (χ0n) is 12.4. The third-order valence-electron chi connectivity index (χ3n) is 3.42. The summed E-state index contributed by atoms with van der Waals surface area (Å²) in [5, 5.41) is 7.44. The van der Waals surface area contributed by atoms with E-state index in [1.165, 1.54) is 0 Å². The molecule has 3 rings (SSSR count). The molecule has 3 aromatic rings. The Balaban J connectivity index is 1.83. The molecule has 2 aromatic heterocycles. The average Bonchev–Trinajstić information content (AvgIpc) is 2.96. The third kappa shape index (κ3) is 3.24. The smallest absolute Gasteiger partial charge is 0.257 e. The zero-order chi connectivity index (χ0) is 16.2. The standard InChI is InChI=1S/C17H14ClN3O2/c1-11-15(16(21-23-11)13-6-4-8-19-9-13)17(22)20-10-12-5-2-3-7-14(12)18/h2-9H,10H2,1H3,(H,20,22). The highest BCUT2D eigenvalue weighted by Crippen LogP contribution is 2.24. The summed E-state index contributed by atoms with van der Waals surface area (Å²) in [5.74, 6) is 0.197. The molecule has 5 nitrogen and oxygen atoms in total. The topological polar surface area (TPSA) is 68.0 Å². The number of nitrogens with zero attached hydrogens (tertiary/aromatic N) is 2. The number of carbonyl (C=O) groups is 1. The maximum Gasteiger partial charge on any atom is 0.257 e. The SMILES string of the molecule is Cc1onc(-c2cccnc2)c1C(=O)NCc1ccccc1Cl. The van der Waals surface area contributed by atoms with Crippen molar-refractivity contribution in [2.24, 2.45) is 0 Å². The Morgan fingerprint density at radius 1 is 1.26 bits per heavy atom. The Kier molecular flexibility index (Phi) is 4.39. The molecule has 0 saturated heterocycles. The number of aryl methyl sites for hydroxylation is 1. The van der Waals surface area contributed by atoms with E-state index >= 15 is 0 Å². The number of benzene rings is 1. The summed E-state index contributed by atoms with van der Waals surface area (Å²) in [4.78, 5) is 16.6. The highest BCUT2D eigenvalue weighted by atomic mass is 35.5. The molecule has 0 aliphatic heterocycles. The number of rotatable bonds is 4. The lowest BCUT2D eigenvalue weighted by atomic mass is 10.1. The highest BCUT2D eigenvalue weighted by molar-refractivity contribution is 6.31. The van der Waals surface area contributed by atoms with Crippen molar-refractivity contribution in [1.82, 2.24) is 15.5 Å². The van der Waals surface area contributed by atoms with Gasteiger partial charge in [-0.1, -0.05) is 35.0 Å². The van der Waals surface area contributed by atoms with Gasteiger partial charge in [-0.2, -0.15) is 0 Å². The highest BCUT2D eigenvalue weighted by Gasteiger charge is 2.21. The maximum atomic E-state index is 12.5. The number of pyridine rings is 1. The number of nitrogens with one attached hydrogen (secondary N) is 1. The first-order valence-electron chi connectivity index (χ1n) is 7.05. The van der Waals surface area contributed by atoms with Gasteiger partial charge < -0.3 is 9.84 Å². The molecule has 116 valence electrons. The van der Waals surface area contributed by atoms with E-state index in [-0.39, 0.29) is 5.91 Å². The first-order chi connectivity index (χ1) is 11.2. The second kappa shape index (κ2) is 6.62. The van der Waals surface area contributed by atoms with E-state index in [0.29, 0.717) is 28.6 Å². The van der Waals surface area contributed by atoms with E-state index in [9.17, 15) is 4.79 Å². The van der Waals surface area contributed by atoms with Crippen LogP contribution in [0.1, 0.15) is 21.7 Å². The van der Waals surface area contributed by atoms with Crippen molar-refractivity contribution in [3.63, 3.8) is 0 Å². The van der Waals surface area contributed by atoms with Gasteiger partial charge in [0.15, 0.2) is 0 Å². The summed E-state index contributed by atoms with van der Waals surface area (Å²) in [5.41, 5.74) is 2.46. The van der Waals surface area contributed by atoms with Crippen molar-refractivity contribution in [2.75, 3.05) is 0 Å². The van der Waals surface area contributed by atoms with Gasteiger partial charge in [0.05, 0.1) is 0 Å². The second-order valence-corrected chi connectivity index (χ2v) is 5.39. The van der Waals surface area contributed by atoms with Crippen LogP contribution < -0.4 is 5.32 Å². The molecule has 0 spiro atoms. The van der Waals surface area contributed by atoms with Crippen molar-refractivity contribution in [3.8, 4) is 11.3 Å². The summed E-state index contributed by atoms with van der Waals surface area (Å²) < 4.78 is 5.18. The third-order valence-corrected chi connectivity index (χ3v) is 3.79. The van der Waals surface area contributed by atoms with Crippen LogP contribution in [0.25, 0.3) is 11.3 Å². The van der Waals surface area contributed by atoms with Gasteiger partial charge in [-0.15, -0.1) is 0 Å². The van der Waals surface area contributed by atoms with Gasteiger partial charge in [0.1, 0.15) is 17.0 Å². The van der Waals surface area contributed by atoms with Crippen LogP contribution in [0, 0.1) is 6.92 Å². The molecule has 23 heavy (non-hydrogen) atoms. The minimum Gasteiger partial charge on any atom is -0.360 e. The number of aromatic nitrogens is 2. The molecular weight excluding hydrogens is 314 g/mol. The van der Waals surface area contributed by atoms with E-state index in [0.717, 1.165) is 11.1 Å². The molecule has 1 amide bonds. The van der Waals surface area contributed by atoms with Gasteiger partial charge in [0.2, 0.25) is 0 Å². The van der Waals surface area contributed by atoms with E-state index in [1.54, 1.807) is 31.5 Å². The Bertz CT molecular complexity index is 831. The molecule has 2 heterocycles. The largest absolute Gasteiger partial charge is 0.360 e. The van der Waals surface area contributed by atoms with Gasteiger partial charge in [-0.05, 0) is 30.7 Å². The van der Waals surface area contributed by atoms with Crippen LogP contribution in [0.15, 0.2) is 53.3 Å². The van der Waals surface area contributed by atoms with E-state index in [1.807, 2.05) is 24.3 Å². The van der Waals surface area contributed by atoms with Crippen molar-refractivity contribution in [3.05, 3.63) is 70.7 Å². The molecule has 0 aliphatic carbocycles. The van der Waals surface area contributed by atoms with Gasteiger partial charge >= 0.3 is 0 Å². The summed E-state index contributed by atoms with van der Waals surface area (Å²) >= 11 is 6.10. The van der Waals surface area contributed by atoms with Gasteiger partial charge in [0.25, 0.3) is 5.91 Å². The summed E-state index contributed by atoms with van der Waals surface area (Å²) in [6.07, 6.45) is 3.30. The molecule has 0 aliphatic rings. The van der Waals surface area contributed by atoms with Crippen LogP contribution in [-0.4, -0.2) is 16.0 Å². The fraction of sp³-hybridized carbons (Fsp3) is 0.118. The average molecular weight is 328 g/mol. The molecule has 0 bridgehead atoms. The normalized spacial score (nSPS) is 10.5. The van der Waals surface area contributed by atoms with Crippen LogP contribution in [0.5, 0.6) is 0 Å². The molecule has 1 N–H and O–H groups in total. The van der Waals surface area contributed by atoms with Gasteiger partial charge in [-0.25, -0.2) is 0 Å². The summed E-state index contributed by atoms with van der Waals surface area (Å²) in [7, 11) is 0. The van der Waals surface area contributed by atoms with Gasteiger partial charge in [-0.3, -0.25) is 9.78 Å². The van der Waals surface area contributed by atoms with Crippen LogP contribution in [0.2, 0.25) is 5.02 Å². The monoisotopic (exact) mass is 327 g/mol. The minimum atomic E-state index is -0.262. The number of carbonyl (C=O) groups excluding carboxylic acids is 1. The first-order valence-corrected chi connectivity index (χ1v) is 7.43. The molecule has 6 heteroatoms. The molecular formula is C17H14ClN3O2. The Labute approximate surface area is 138 Å². The summed E-state index contributed by atoms with van der Waals surface area (Å²) in [6, 6.07) is 11.0. The van der Waals surface area contributed by atoms with Crippen molar-refractivity contribution in [2.45, 2.75) is 13.5 Å². The maximum absolute atomic E-state index is 12.5. The second-order valence-electron chi connectivity index (χ2n) is 4.98. The van der Waals surface area contributed by atoms with Crippen LogP contribution in [0.3, 0.4) is 0 Å². The van der Waals surface area contributed by atoms with E-state index < -0.39 is 0 Å². The number of amides is 1. The Morgan fingerprint density at radius 3 is 2.83 bits per heavy atom. The number of halogens is 1. The fourth-order valence-corrected chi connectivity index (χ4v) is 2.45. The summed E-state index contributed by atoms with van der Waals surface area (Å²) in [6.45, 7) is 2.03. The molecule has 0 fully saturated rings. The lowest BCUT2D eigenvalue weighted by molar-refractivity contribution is 0.0950. The Hall–Kier alpha value is -2.66. The van der Waals surface area contributed by atoms with Gasteiger partial charge in [0, 0.05) is 29.5 Å². The fourth-order valence-electron chi connectivity index (χ4n) is 2.25. The minimum absolute atomic E-state index is 0.262. The first kappa shape index (κ1) is 15.2. The van der Waals surface area contributed by atoms with E-state index in [2.05, 4.69) is 15.5 Å². The van der Waals surface area contributed by atoms with Crippen LogP contribution >= 0.6 is 11.6 Å². The van der Waals surface area contributed by atoms with Crippen LogP contribution in [0.4, 0.5) is 0 Å². The predicted octanol–water partition coefficient (Wildman–Crippen LogP) is 3.63. The Morgan fingerprint density at radius 2 is 2.09 bits per heavy atom.